The molecular formula is C16H10ClN5O3S. The summed E-state index contributed by atoms with van der Waals surface area (Å²) < 4.78 is 23.6. The molecule has 8 nitrogen and oxygen atoms in total. The van der Waals surface area contributed by atoms with Gasteiger partial charge in [-0.3, -0.25) is 9.89 Å². The van der Waals surface area contributed by atoms with E-state index in [4.69, 9.17) is 10.7 Å². The highest BCUT2D eigenvalue weighted by Gasteiger charge is 2.15. The van der Waals surface area contributed by atoms with Crippen LogP contribution in [-0.4, -0.2) is 18.2 Å². The predicted molar refractivity (Wildman–Crippen MR) is 94.8 cm³/mol. The third kappa shape index (κ3) is 3.56. The molecule has 0 aliphatic heterocycles. The second-order valence-electron chi connectivity index (χ2n) is 5.06. The number of aromatic nitrogens is 2. The summed E-state index contributed by atoms with van der Waals surface area (Å²) in [5.74, 6) is 0. The molecule has 10 heteroatoms. The number of aromatic amines is 1. The Morgan fingerprint density at radius 1 is 1.04 bits per heavy atom. The van der Waals surface area contributed by atoms with E-state index >= 15 is 0 Å². The fraction of sp³-hybridized carbons (Fsp3) is 0. The number of halogens is 1. The molecule has 1 N–H and O–H groups in total. The topological polar surface area (TPSA) is 120 Å². The molecule has 0 unspecified atom stereocenters. The van der Waals surface area contributed by atoms with Crippen LogP contribution in [0.25, 0.3) is 5.69 Å². The molecule has 0 aliphatic rings. The molecule has 0 spiro atoms. The first-order valence-corrected chi connectivity index (χ1v) is 9.48. The van der Waals surface area contributed by atoms with E-state index in [0.29, 0.717) is 11.4 Å². The SMILES string of the molecule is N#Cc1[nH]n(-c2ccccc2)c(=O)c1N=Nc1ccc(S(=O)(=O)Cl)cc1. The number of nitriles is 1. The molecule has 0 radical (unpaired) electrons. The Bertz CT molecular complexity index is 1170. The van der Waals surface area contributed by atoms with Gasteiger partial charge in [0.2, 0.25) is 0 Å². The van der Waals surface area contributed by atoms with Crippen LogP contribution in [0.1, 0.15) is 5.69 Å². The van der Waals surface area contributed by atoms with Gasteiger partial charge in [0.25, 0.3) is 14.6 Å². The van der Waals surface area contributed by atoms with E-state index in [2.05, 4.69) is 15.3 Å². The molecular weight excluding hydrogens is 378 g/mol. The molecule has 130 valence electrons. The second kappa shape index (κ2) is 6.95. The minimum Gasteiger partial charge on any atom is -0.279 e. The van der Waals surface area contributed by atoms with Crippen LogP contribution in [0.4, 0.5) is 11.4 Å². The van der Waals surface area contributed by atoms with Crippen LogP contribution in [-0.2, 0) is 9.05 Å². The van der Waals surface area contributed by atoms with Gasteiger partial charge in [-0.25, -0.2) is 13.1 Å². The number of nitrogens with zero attached hydrogens (tertiary/aromatic N) is 4. The molecule has 0 fully saturated rings. The fourth-order valence-electron chi connectivity index (χ4n) is 2.14. The summed E-state index contributed by atoms with van der Waals surface area (Å²) in [6.07, 6.45) is 0. The highest BCUT2D eigenvalue weighted by atomic mass is 35.7. The van der Waals surface area contributed by atoms with Crippen LogP contribution >= 0.6 is 10.7 Å². The maximum atomic E-state index is 12.5. The van der Waals surface area contributed by atoms with Gasteiger partial charge < -0.3 is 0 Å². The van der Waals surface area contributed by atoms with Gasteiger partial charge in [0.05, 0.1) is 16.3 Å². The van der Waals surface area contributed by atoms with Crippen molar-refractivity contribution in [1.82, 2.24) is 9.78 Å². The monoisotopic (exact) mass is 387 g/mol. The van der Waals surface area contributed by atoms with Crippen molar-refractivity contribution < 1.29 is 8.42 Å². The first-order chi connectivity index (χ1) is 12.4. The summed E-state index contributed by atoms with van der Waals surface area (Å²) >= 11 is 0. The third-order valence-electron chi connectivity index (χ3n) is 3.38. The number of hydrogen-bond acceptors (Lipinski definition) is 6. The average molecular weight is 388 g/mol. The van der Waals surface area contributed by atoms with E-state index in [1.54, 1.807) is 30.3 Å². The van der Waals surface area contributed by atoms with Gasteiger partial charge in [-0.1, -0.05) is 18.2 Å². The summed E-state index contributed by atoms with van der Waals surface area (Å²) in [5, 5.41) is 19.6. The van der Waals surface area contributed by atoms with Gasteiger partial charge >= 0.3 is 0 Å². The highest BCUT2D eigenvalue weighted by Crippen LogP contribution is 2.22. The maximum absolute atomic E-state index is 12.5. The normalized spacial score (nSPS) is 11.5. The quantitative estimate of drug-likeness (QED) is 0.544. The lowest BCUT2D eigenvalue weighted by Crippen LogP contribution is -2.13. The van der Waals surface area contributed by atoms with Crippen molar-refractivity contribution in [1.29, 1.82) is 5.26 Å². The first kappa shape index (κ1) is 17.6. The van der Waals surface area contributed by atoms with Crippen molar-refractivity contribution in [3.63, 3.8) is 0 Å². The number of azo groups is 1. The Balaban J connectivity index is 1.98. The zero-order valence-corrected chi connectivity index (χ0v) is 14.6. The molecule has 26 heavy (non-hydrogen) atoms. The first-order valence-electron chi connectivity index (χ1n) is 7.17. The van der Waals surface area contributed by atoms with Crippen LogP contribution in [0.15, 0.2) is 74.5 Å². The van der Waals surface area contributed by atoms with Crippen molar-refractivity contribution in [2.45, 2.75) is 4.90 Å². The highest BCUT2D eigenvalue weighted by molar-refractivity contribution is 8.13. The summed E-state index contributed by atoms with van der Waals surface area (Å²) in [4.78, 5) is 12.4. The molecule has 0 amide bonds. The molecule has 0 bridgehead atoms. The Kier molecular flexibility index (Phi) is 4.71. The fourth-order valence-corrected chi connectivity index (χ4v) is 2.91. The summed E-state index contributed by atoms with van der Waals surface area (Å²) in [7, 11) is 1.41. The Morgan fingerprint density at radius 2 is 1.69 bits per heavy atom. The van der Waals surface area contributed by atoms with Gasteiger partial charge in [0.1, 0.15) is 6.07 Å². The number of H-pyrrole nitrogens is 1. The summed E-state index contributed by atoms with van der Waals surface area (Å²) in [5.41, 5.74) is 0.126. The van der Waals surface area contributed by atoms with Crippen LogP contribution in [0, 0.1) is 11.3 Å². The molecule has 1 heterocycles. The van der Waals surface area contributed by atoms with E-state index in [-0.39, 0.29) is 16.3 Å². The van der Waals surface area contributed by atoms with Gasteiger partial charge in [-0.05, 0) is 36.4 Å². The molecule has 1 aromatic heterocycles. The van der Waals surface area contributed by atoms with Gasteiger partial charge in [-0.2, -0.15) is 10.4 Å². The molecule has 3 rings (SSSR count). The number of rotatable bonds is 4. The van der Waals surface area contributed by atoms with E-state index < -0.39 is 14.6 Å². The molecule has 0 aliphatic carbocycles. The number of hydrogen-bond donors (Lipinski definition) is 1. The van der Waals surface area contributed by atoms with Crippen molar-refractivity contribution >= 4 is 31.1 Å². The van der Waals surface area contributed by atoms with Crippen molar-refractivity contribution in [2.24, 2.45) is 10.2 Å². The smallest absolute Gasteiger partial charge is 0.279 e. The third-order valence-corrected chi connectivity index (χ3v) is 4.75. The number of benzene rings is 2. The Morgan fingerprint density at radius 3 is 2.27 bits per heavy atom. The largest absolute Gasteiger partial charge is 0.300 e. The number of nitrogens with one attached hydrogen (secondary N) is 1. The predicted octanol–water partition coefficient (Wildman–Crippen LogP) is 3.38. The average Bonchev–Trinajstić information content (AvgIpc) is 2.96. The van der Waals surface area contributed by atoms with E-state index in [1.807, 2.05) is 6.07 Å². The van der Waals surface area contributed by atoms with Gasteiger partial charge in [0.15, 0.2) is 11.4 Å². The van der Waals surface area contributed by atoms with Crippen LogP contribution < -0.4 is 5.56 Å². The maximum Gasteiger partial charge on any atom is 0.300 e. The number of para-hydroxylation sites is 1. The lowest BCUT2D eigenvalue weighted by atomic mass is 10.3. The van der Waals surface area contributed by atoms with Gasteiger partial charge in [0, 0.05) is 10.7 Å². The molecule has 0 saturated carbocycles. The van der Waals surface area contributed by atoms with Crippen LogP contribution in [0.5, 0.6) is 0 Å². The van der Waals surface area contributed by atoms with Crippen LogP contribution in [0.3, 0.4) is 0 Å². The second-order valence-corrected chi connectivity index (χ2v) is 7.62. The zero-order chi connectivity index (χ0) is 18.7. The van der Waals surface area contributed by atoms with Crippen molar-refractivity contribution in [3.8, 4) is 11.8 Å². The van der Waals surface area contributed by atoms with Crippen molar-refractivity contribution in [2.75, 3.05) is 0 Å². The zero-order valence-electron chi connectivity index (χ0n) is 13.0. The van der Waals surface area contributed by atoms with E-state index in [9.17, 15) is 18.5 Å². The molecule has 0 atom stereocenters. The van der Waals surface area contributed by atoms with Crippen molar-refractivity contribution in [3.05, 3.63) is 70.6 Å². The van der Waals surface area contributed by atoms with E-state index in [1.165, 1.54) is 28.9 Å². The Labute approximate surface area is 152 Å². The Hall–Kier alpha value is -3.22. The molecule has 0 saturated heterocycles. The van der Waals surface area contributed by atoms with Gasteiger partial charge in [-0.15, -0.1) is 5.11 Å². The van der Waals surface area contributed by atoms with Crippen LogP contribution in [0.2, 0.25) is 0 Å². The van der Waals surface area contributed by atoms with E-state index in [0.717, 1.165) is 0 Å². The minimum absolute atomic E-state index is 0.0393. The standard InChI is InChI=1S/C16H10ClN5O3S/c17-26(24,25)13-8-6-11(7-9-13)19-20-15-14(10-18)21-22(16(15)23)12-4-2-1-3-5-12/h1-9,21H. The summed E-state index contributed by atoms with van der Waals surface area (Å²) in [6.45, 7) is 0. The minimum atomic E-state index is -3.83. The molecule has 3 aromatic rings. The summed E-state index contributed by atoms with van der Waals surface area (Å²) in [6, 6.07) is 15.9. The lowest BCUT2D eigenvalue weighted by molar-refractivity contribution is 0.609. The lowest BCUT2D eigenvalue weighted by Gasteiger charge is -1.98. The molecule has 2 aromatic carbocycles.